The van der Waals surface area contributed by atoms with Gasteiger partial charge in [0.25, 0.3) is 0 Å². The van der Waals surface area contributed by atoms with Crippen molar-refractivity contribution in [2.24, 2.45) is 4.99 Å². The predicted octanol–water partition coefficient (Wildman–Crippen LogP) is 9.96. The molecule has 48 heavy (non-hydrogen) atoms. The molecular formula is C43H35N3O2. The Morgan fingerprint density at radius 1 is 0.750 bits per heavy atom. The summed E-state index contributed by atoms with van der Waals surface area (Å²) < 4.78 is 8.62. The summed E-state index contributed by atoms with van der Waals surface area (Å²) in [7, 11) is 0. The van der Waals surface area contributed by atoms with Crippen LogP contribution in [0.3, 0.4) is 0 Å². The summed E-state index contributed by atoms with van der Waals surface area (Å²) >= 11 is 0. The van der Waals surface area contributed by atoms with Gasteiger partial charge in [-0.2, -0.15) is 0 Å². The van der Waals surface area contributed by atoms with Crippen LogP contribution >= 0.6 is 0 Å². The van der Waals surface area contributed by atoms with Crippen LogP contribution in [-0.2, 0) is 16.6 Å². The number of nitrogens with zero attached hydrogens (tertiary/aromatic N) is 3. The molecule has 0 saturated heterocycles. The third-order valence-corrected chi connectivity index (χ3v) is 9.91. The van der Waals surface area contributed by atoms with E-state index in [1.54, 1.807) is 0 Å². The van der Waals surface area contributed by atoms with E-state index in [9.17, 15) is 5.11 Å². The topological polar surface area (TPSA) is 59.6 Å². The molecule has 5 heteroatoms. The molecule has 2 atom stereocenters. The van der Waals surface area contributed by atoms with Crippen LogP contribution in [0.2, 0.25) is 0 Å². The summed E-state index contributed by atoms with van der Waals surface area (Å²) in [6.07, 6.45) is 0.924. The molecule has 2 heterocycles. The molecule has 0 spiro atoms. The zero-order valence-electron chi connectivity index (χ0n) is 27.2. The SMILES string of the molecule is CC(C)(C)c1ccc(-n2c(-c3ccc4ccccc4c3O)nc3c(-c4cccc(C5=N[C@@H]6c7ccccc7C[C@@H]6O5)c4)cccc32)cc1. The fraction of sp³-hybridized carbons (Fsp3) is 0.163. The van der Waals surface area contributed by atoms with Crippen LogP contribution in [0.5, 0.6) is 5.75 Å². The molecule has 1 aliphatic heterocycles. The van der Waals surface area contributed by atoms with Crippen molar-refractivity contribution in [1.29, 1.82) is 0 Å². The van der Waals surface area contributed by atoms with Gasteiger partial charge < -0.3 is 9.84 Å². The highest BCUT2D eigenvalue weighted by Gasteiger charge is 2.39. The van der Waals surface area contributed by atoms with Crippen molar-refractivity contribution in [2.75, 3.05) is 0 Å². The van der Waals surface area contributed by atoms with Crippen molar-refractivity contribution < 1.29 is 9.84 Å². The van der Waals surface area contributed by atoms with Crippen molar-refractivity contribution in [3.05, 3.63) is 150 Å². The van der Waals surface area contributed by atoms with E-state index in [0.717, 1.165) is 50.6 Å². The molecule has 1 aliphatic carbocycles. The largest absolute Gasteiger partial charge is 0.507 e. The fourth-order valence-corrected chi connectivity index (χ4v) is 7.38. The maximum absolute atomic E-state index is 11.6. The average molecular weight is 626 g/mol. The minimum atomic E-state index is 0.0303. The summed E-state index contributed by atoms with van der Waals surface area (Å²) in [4.78, 5) is 10.4. The number of para-hydroxylation sites is 1. The number of rotatable bonds is 4. The monoisotopic (exact) mass is 625 g/mol. The zero-order chi connectivity index (χ0) is 32.6. The van der Waals surface area contributed by atoms with Gasteiger partial charge in [-0.25, -0.2) is 9.98 Å². The number of hydrogen-bond donors (Lipinski definition) is 1. The van der Waals surface area contributed by atoms with Crippen LogP contribution < -0.4 is 0 Å². The minimum absolute atomic E-state index is 0.0303. The molecule has 9 rings (SSSR count). The molecule has 2 aliphatic rings. The van der Waals surface area contributed by atoms with Gasteiger partial charge in [0.1, 0.15) is 23.7 Å². The van der Waals surface area contributed by atoms with E-state index < -0.39 is 0 Å². The number of imidazole rings is 1. The van der Waals surface area contributed by atoms with E-state index in [2.05, 4.69) is 122 Å². The van der Waals surface area contributed by atoms with Gasteiger partial charge in [0.2, 0.25) is 5.90 Å². The Morgan fingerprint density at radius 2 is 1.52 bits per heavy atom. The quantitative estimate of drug-likeness (QED) is 0.212. The highest BCUT2D eigenvalue weighted by Crippen LogP contribution is 2.43. The van der Waals surface area contributed by atoms with Gasteiger partial charge in [0.05, 0.1) is 16.6 Å². The maximum Gasteiger partial charge on any atom is 0.217 e. The first-order chi connectivity index (χ1) is 23.3. The maximum atomic E-state index is 11.6. The van der Waals surface area contributed by atoms with Gasteiger partial charge in [0, 0.05) is 28.6 Å². The first-order valence-corrected chi connectivity index (χ1v) is 16.6. The minimum Gasteiger partial charge on any atom is -0.507 e. The van der Waals surface area contributed by atoms with Gasteiger partial charge in [-0.3, -0.25) is 4.57 Å². The summed E-state index contributed by atoms with van der Waals surface area (Å²) in [6, 6.07) is 43.9. The van der Waals surface area contributed by atoms with Crippen molar-refractivity contribution >= 4 is 27.7 Å². The predicted molar refractivity (Wildman–Crippen MR) is 194 cm³/mol. The molecule has 0 radical (unpaired) electrons. The van der Waals surface area contributed by atoms with Crippen LogP contribution in [0.25, 0.3) is 50.0 Å². The second-order valence-corrected chi connectivity index (χ2v) is 13.9. The number of phenols is 1. The van der Waals surface area contributed by atoms with E-state index in [0.29, 0.717) is 17.3 Å². The van der Waals surface area contributed by atoms with Gasteiger partial charge >= 0.3 is 0 Å². The molecule has 7 aromatic rings. The number of fused-ring (bicyclic) bond motifs is 5. The Bertz CT molecular complexity index is 2410. The Hall–Kier alpha value is -5.68. The third-order valence-electron chi connectivity index (χ3n) is 9.91. The molecule has 5 nitrogen and oxygen atoms in total. The van der Waals surface area contributed by atoms with Crippen LogP contribution in [0.1, 0.15) is 49.1 Å². The second kappa shape index (κ2) is 10.7. The lowest BCUT2D eigenvalue weighted by atomic mass is 9.87. The van der Waals surface area contributed by atoms with Crippen molar-refractivity contribution in [3.63, 3.8) is 0 Å². The molecule has 234 valence electrons. The number of aromatic nitrogens is 2. The van der Waals surface area contributed by atoms with E-state index >= 15 is 0 Å². The van der Waals surface area contributed by atoms with E-state index in [1.807, 2.05) is 30.3 Å². The van der Waals surface area contributed by atoms with Crippen LogP contribution in [0, 0.1) is 0 Å². The molecule has 0 amide bonds. The average Bonchev–Trinajstić information content (AvgIpc) is 3.80. The van der Waals surface area contributed by atoms with Crippen molar-refractivity contribution in [2.45, 2.75) is 44.8 Å². The number of ether oxygens (including phenoxy) is 1. The number of hydrogen-bond acceptors (Lipinski definition) is 4. The highest BCUT2D eigenvalue weighted by atomic mass is 16.5. The lowest BCUT2D eigenvalue weighted by Gasteiger charge is -2.20. The van der Waals surface area contributed by atoms with Crippen LogP contribution in [0.15, 0.2) is 132 Å². The van der Waals surface area contributed by atoms with Crippen LogP contribution in [-0.4, -0.2) is 26.7 Å². The standard InChI is InChI=1S/C43H35N3O2/c1-43(2,3)30-19-21-31(22-20-30)46-36-17-9-16-32(38(36)44-41(46)35-23-18-26-10-4-7-15-34(26)40(35)47)27-12-8-13-29(24-27)42-45-39-33-14-6-5-11-28(33)25-37(39)48-42/h4-24,37,39,47H,25H2,1-3H3/t37-,39+/m0/s1. The third kappa shape index (κ3) is 4.53. The molecule has 1 N–H and O–H groups in total. The van der Waals surface area contributed by atoms with Crippen LogP contribution in [0.4, 0.5) is 0 Å². The summed E-state index contributed by atoms with van der Waals surface area (Å²) in [6.45, 7) is 6.67. The molecule has 0 fully saturated rings. The molecule has 6 aromatic carbocycles. The number of benzene rings is 6. The van der Waals surface area contributed by atoms with Gasteiger partial charge in [-0.15, -0.1) is 0 Å². The first-order valence-electron chi connectivity index (χ1n) is 16.6. The van der Waals surface area contributed by atoms with Gasteiger partial charge in [-0.05, 0) is 69.5 Å². The zero-order valence-corrected chi connectivity index (χ0v) is 27.2. The van der Waals surface area contributed by atoms with E-state index in [1.165, 1.54) is 16.7 Å². The highest BCUT2D eigenvalue weighted by molar-refractivity contribution is 6.01. The Balaban J connectivity index is 1.20. The second-order valence-electron chi connectivity index (χ2n) is 13.9. The van der Waals surface area contributed by atoms with Gasteiger partial charge in [0.15, 0.2) is 0 Å². The molecular weight excluding hydrogens is 590 g/mol. The summed E-state index contributed by atoms with van der Waals surface area (Å²) in [5.41, 5.74) is 10.4. The van der Waals surface area contributed by atoms with E-state index in [-0.39, 0.29) is 23.3 Å². The first kappa shape index (κ1) is 28.5. The van der Waals surface area contributed by atoms with Crippen molar-refractivity contribution in [3.8, 4) is 34.0 Å². The summed E-state index contributed by atoms with van der Waals surface area (Å²) in [5, 5.41) is 13.4. The number of aromatic hydroxyl groups is 1. The Kier molecular flexibility index (Phi) is 6.35. The molecule has 0 bridgehead atoms. The summed E-state index contributed by atoms with van der Waals surface area (Å²) in [5.74, 6) is 1.61. The normalized spacial score (nSPS) is 16.9. The van der Waals surface area contributed by atoms with Gasteiger partial charge in [-0.1, -0.05) is 112 Å². The molecule has 1 aromatic heterocycles. The van der Waals surface area contributed by atoms with Crippen molar-refractivity contribution in [1.82, 2.24) is 9.55 Å². The smallest absolute Gasteiger partial charge is 0.217 e. The number of phenolic OH excluding ortho intramolecular Hbond substituents is 1. The Morgan fingerprint density at radius 3 is 2.38 bits per heavy atom. The number of aliphatic imine (C=N–C) groups is 1. The van der Waals surface area contributed by atoms with E-state index in [4.69, 9.17) is 14.7 Å². The Labute approximate surface area is 279 Å². The lowest BCUT2D eigenvalue weighted by molar-refractivity contribution is 0.206. The molecule has 0 saturated carbocycles. The molecule has 0 unspecified atom stereocenters. The lowest BCUT2D eigenvalue weighted by Crippen LogP contribution is -2.13. The fourth-order valence-electron chi connectivity index (χ4n) is 7.38.